The smallest absolute Gasteiger partial charge is 0.238 e. The Balaban J connectivity index is 0.00000242. The summed E-state index contributed by atoms with van der Waals surface area (Å²) >= 11 is 0. The third kappa shape index (κ3) is 5.08. The number of amides is 1. The molecule has 1 amide bonds. The first-order valence-corrected chi connectivity index (χ1v) is 9.66. The number of sulfonamides is 1. The summed E-state index contributed by atoms with van der Waals surface area (Å²) in [6, 6.07) is -0.388. The highest BCUT2D eigenvalue weighted by Gasteiger charge is 2.36. The van der Waals surface area contributed by atoms with Crippen molar-refractivity contribution in [3.8, 4) is 0 Å². The zero-order valence-electron chi connectivity index (χ0n) is 13.2. The molecule has 8 heteroatoms. The fourth-order valence-electron chi connectivity index (χ4n) is 3.15. The third-order valence-electron chi connectivity index (χ3n) is 4.22. The Hall–Kier alpha value is -0.370. The van der Waals surface area contributed by atoms with E-state index in [-0.39, 0.29) is 30.1 Å². The molecule has 2 unspecified atom stereocenters. The third-order valence-corrected chi connectivity index (χ3v) is 6.29. The number of piperidine rings is 2. The molecule has 130 valence electrons. The zero-order valence-corrected chi connectivity index (χ0v) is 14.8. The van der Waals surface area contributed by atoms with Crippen molar-refractivity contribution in [3.63, 3.8) is 0 Å². The summed E-state index contributed by atoms with van der Waals surface area (Å²) in [4.78, 5) is 12.5. The number of carbonyl (C=O) groups excluding carboxylic acids is 1. The minimum atomic E-state index is -3.31. The van der Waals surface area contributed by atoms with Crippen molar-refractivity contribution < 1.29 is 13.2 Å². The molecule has 0 spiro atoms. The zero-order chi connectivity index (χ0) is 15.3. The van der Waals surface area contributed by atoms with Crippen LogP contribution in [0.15, 0.2) is 0 Å². The quantitative estimate of drug-likeness (QED) is 0.768. The van der Waals surface area contributed by atoms with Gasteiger partial charge >= 0.3 is 0 Å². The van der Waals surface area contributed by atoms with Crippen LogP contribution in [0.25, 0.3) is 0 Å². The average Bonchev–Trinajstić information content (AvgIpc) is 2.48. The van der Waals surface area contributed by atoms with E-state index in [1.54, 1.807) is 0 Å². The second-order valence-electron chi connectivity index (χ2n) is 5.99. The van der Waals surface area contributed by atoms with E-state index in [0.717, 1.165) is 38.8 Å². The van der Waals surface area contributed by atoms with Crippen LogP contribution in [-0.4, -0.2) is 56.1 Å². The predicted octanol–water partition coefficient (Wildman–Crippen LogP) is 0.871. The number of hydrogen-bond acceptors (Lipinski definition) is 4. The first-order valence-electron chi connectivity index (χ1n) is 8.05. The van der Waals surface area contributed by atoms with Crippen LogP contribution in [0, 0.1) is 0 Å². The van der Waals surface area contributed by atoms with Crippen molar-refractivity contribution >= 4 is 28.3 Å². The van der Waals surface area contributed by atoms with Crippen molar-refractivity contribution in [2.75, 3.05) is 25.4 Å². The average molecular weight is 354 g/mol. The van der Waals surface area contributed by atoms with Crippen molar-refractivity contribution in [1.29, 1.82) is 0 Å². The van der Waals surface area contributed by atoms with Gasteiger partial charge in [-0.2, -0.15) is 4.31 Å². The molecule has 2 rings (SSSR count). The lowest BCUT2D eigenvalue weighted by Crippen LogP contribution is -2.56. The summed E-state index contributed by atoms with van der Waals surface area (Å²) in [7, 11) is -3.31. The van der Waals surface area contributed by atoms with Crippen molar-refractivity contribution in [2.24, 2.45) is 0 Å². The second kappa shape index (κ2) is 9.05. The maximum atomic E-state index is 12.5. The van der Waals surface area contributed by atoms with E-state index < -0.39 is 16.1 Å². The van der Waals surface area contributed by atoms with E-state index in [0.29, 0.717) is 19.4 Å². The van der Waals surface area contributed by atoms with Crippen LogP contribution < -0.4 is 10.6 Å². The standard InChI is InChI=1S/C14H27N3O3S.ClH/c1-2-10-21(19,20)17-9-4-3-7-13(17)14(18)16-12-6-5-8-15-11-12;/h12-13,15H,2-11H2,1H3,(H,16,18);1H. The van der Waals surface area contributed by atoms with E-state index in [4.69, 9.17) is 0 Å². The number of rotatable bonds is 5. The van der Waals surface area contributed by atoms with Gasteiger partial charge in [-0.05, 0) is 38.6 Å². The largest absolute Gasteiger partial charge is 0.351 e. The monoisotopic (exact) mass is 353 g/mol. The maximum absolute atomic E-state index is 12.5. The SMILES string of the molecule is CCCS(=O)(=O)N1CCCCC1C(=O)NC1CCCNC1.Cl. The normalized spacial score (nSPS) is 27.0. The van der Waals surface area contributed by atoms with Crippen LogP contribution in [0.4, 0.5) is 0 Å². The lowest BCUT2D eigenvalue weighted by Gasteiger charge is -2.35. The molecule has 0 aromatic heterocycles. The Kier molecular flexibility index (Phi) is 8.10. The molecule has 6 nitrogen and oxygen atoms in total. The topological polar surface area (TPSA) is 78.5 Å². The van der Waals surface area contributed by atoms with Crippen LogP contribution in [0.3, 0.4) is 0 Å². The summed E-state index contributed by atoms with van der Waals surface area (Å²) in [6.07, 6.45) is 4.99. The van der Waals surface area contributed by atoms with Gasteiger partial charge in [0.1, 0.15) is 6.04 Å². The lowest BCUT2D eigenvalue weighted by atomic mass is 10.0. The van der Waals surface area contributed by atoms with Crippen molar-refractivity contribution in [3.05, 3.63) is 0 Å². The minimum absolute atomic E-state index is 0. The predicted molar refractivity (Wildman–Crippen MR) is 89.7 cm³/mol. The Bertz CT molecular complexity index is 452. The van der Waals surface area contributed by atoms with Gasteiger partial charge in [-0.15, -0.1) is 12.4 Å². The highest BCUT2D eigenvalue weighted by molar-refractivity contribution is 7.89. The number of nitrogens with one attached hydrogen (secondary N) is 2. The molecule has 2 heterocycles. The molecule has 2 saturated heterocycles. The molecule has 2 atom stereocenters. The Morgan fingerprint density at radius 1 is 1.27 bits per heavy atom. The maximum Gasteiger partial charge on any atom is 0.238 e. The van der Waals surface area contributed by atoms with Gasteiger partial charge in [0.25, 0.3) is 0 Å². The highest BCUT2D eigenvalue weighted by Crippen LogP contribution is 2.21. The van der Waals surface area contributed by atoms with Gasteiger partial charge in [-0.25, -0.2) is 8.42 Å². The van der Waals surface area contributed by atoms with Crippen LogP contribution in [0.5, 0.6) is 0 Å². The molecule has 0 saturated carbocycles. The molecule has 2 fully saturated rings. The first kappa shape index (κ1) is 19.7. The summed E-state index contributed by atoms with van der Waals surface area (Å²) in [5.41, 5.74) is 0. The van der Waals surface area contributed by atoms with Crippen LogP contribution in [0.1, 0.15) is 45.4 Å². The van der Waals surface area contributed by atoms with Crippen LogP contribution in [-0.2, 0) is 14.8 Å². The molecular formula is C14H28ClN3O3S. The lowest BCUT2D eigenvalue weighted by molar-refractivity contribution is -0.126. The number of carbonyl (C=O) groups is 1. The Labute approximate surface area is 139 Å². The Morgan fingerprint density at radius 2 is 2.05 bits per heavy atom. The summed E-state index contributed by atoms with van der Waals surface area (Å²) in [5, 5.41) is 6.28. The van der Waals surface area contributed by atoms with E-state index in [2.05, 4.69) is 10.6 Å². The van der Waals surface area contributed by atoms with Gasteiger partial charge in [0.05, 0.1) is 5.75 Å². The molecule has 2 aliphatic heterocycles. The molecule has 2 N–H and O–H groups in total. The van der Waals surface area contributed by atoms with Gasteiger partial charge in [0.15, 0.2) is 0 Å². The molecule has 0 aromatic rings. The van der Waals surface area contributed by atoms with E-state index in [1.165, 1.54) is 4.31 Å². The summed E-state index contributed by atoms with van der Waals surface area (Å²) in [6.45, 7) is 4.10. The van der Waals surface area contributed by atoms with E-state index >= 15 is 0 Å². The molecular weight excluding hydrogens is 326 g/mol. The summed E-state index contributed by atoms with van der Waals surface area (Å²) in [5.74, 6) is 0.00460. The van der Waals surface area contributed by atoms with Gasteiger partial charge in [-0.1, -0.05) is 13.3 Å². The molecule has 0 aromatic carbocycles. The van der Waals surface area contributed by atoms with Crippen molar-refractivity contribution in [2.45, 2.75) is 57.5 Å². The molecule has 0 radical (unpaired) electrons. The Morgan fingerprint density at radius 3 is 2.68 bits per heavy atom. The fraction of sp³-hybridized carbons (Fsp3) is 0.929. The van der Waals surface area contributed by atoms with Gasteiger partial charge in [0, 0.05) is 19.1 Å². The number of nitrogens with zero attached hydrogens (tertiary/aromatic N) is 1. The fourth-order valence-corrected chi connectivity index (χ4v) is 4.89. The van der Waals surface area contributed by atoms with Gasteiger partial charge < -0.3 is 10.6 Å². The van der Waals surface area contributed by atoms with Gasteiger partial charge in [-0.3, -0.25) is 4.79 Å². The molecule has 0 aliphatic carbocycles. The van der Waals surface area contributed by atoms with Gasteiger partial charge in [0.2, 0.25) is 15.9 Å². The second-order valence-corrected chi connectivity index (χ2v) is 8.03. The highest BCUT2D eigenvalue weighted by atomic mass is 35.5. The summed E-state index contributed by atoms with van der Waals surface area (Å²) < 4.78 is 26.1. The number of halogens is 1. The van der Waals surface area contributed by atoms with E-state index in [9.17, 15) is 13.2 Å². The molecule has 22 heavy (non-hydrogen) atoms. The first-order chi connectivity index (χ1) is 10.0. The number of hydrogen-bond donors (Lipinski definition) is 2. The molecule has 2 aliphatic rings. The molecule has 0 bridgehead atoms. The van der Waals surface area contributed by atoms with Crippen molar-refractivity contribution in [1.82, 2.24) is 14.9 Å². The minimum Gasteiger partial charge on any atom is -0.351 e. The van der Waals surface area contributed by atoms with Crippen LogP contribution in [0.2, 0.25) is 0 Å². The van der Waals surface area contributed by atoms with E-state index in [1.807, 2.05) is 6.92 Å². The van der Waals surface area contributed by atoms with Crippen LogP contribution >= 0.6 is 12.4 Å².